The molecule has 0 radical (unpaired) electrons. The number of nitrogens with two attached hydrogens (primary N) is 1. The molecule has 0 spiro atoms. The number of pyridine rings is 1. The van der Waals surface area contributed by atoms with Crippen molar-refractivity contribution in [1.82, 2.24) is 4.98 Å². The van der Waals surface area contributed by atoms with Crippen molar-refractivity contribution in [2.75, 3.05) is 7.11 Å². The van der Waals surface area contributed by atoms with E-state index < -0.39 is 0 Å². The molecule has 0 fully saturated rings. The molecule has 0 saturated carbocycles. The summed E-state index contributed by atoms with van der Waals surface area (Å²) in [6.07, 6.45) is 1.68. The number of rotatable bonds is 2. The summed E-state index contributed by atoms with van der Waals surface area (Å²) < 4.78 is 4.72. The van der Waals surface area contributed by atoms with E-state index in [1.165, 1.54) is 7.11 Å². The van der Waals surface area contributed by atoms with Gasteiger partial charge >= 0.3 is 5.97 Å². The van der Waals surface area contributed by atoms with Crippen LogP contribution in [0.4, 0.5) is 0 Å². The Morgan fingerprint density at radius 2 is 2.25 bits per heavy atom. The number of benzene rings is 1. The second-order valence-corrected chi connectivity index (χ2v) is 3.37. The molecule has 0 atom stereocenters. The minimum absolute atomic E-state index is 0.360. The third kappa shape index (κ3) is 1.63. The standard InChI is InChI=1S/C12H12N2O2/c1-16-12(15)10-5-4-8(7-13)11-9(10)3-2-6-14-11/h2-6H,7,13H2,1H3. The van der Waals surface area contributed by atoms with E-state index in [1.807, 2.05) is 12.1 Å². The number of nitrogens with zero attached hydrogens (tertiary/aromatic N) is 1. The van der Waals surface area contributed by atoms with Gasteiger partial charge in [-0.05, 0) is 17.7 Å². The molecule has 0 unspecified atom stereocenters. The average Bonchev–Trinajstić information content (AvgIpc) is 2.36. The van der Waals surface area contributed by atoms with Gasteiger partial charge in [-0.1, -0.05) is 12.1 Å². The molecule has 1 aromatic carbocycles. The molecule has 0 aliphatic rings. The van der Waals surface area contributed by atoms with E-state index in [1.54, 1.807) is 18.3 Å². The number of carbonyl (C=O) groups excluding carboxylic acids is 1. The Hall–Kier alpha value is -1.94. The second-order valence-electron chi connectivity index (χ2n) is 3.37. The summed E-state index contributed by atoms with van der Waals surface area (Å²) >= 11 is 0. The first kappa shape index (κ1) is 10.6. The van der Waals surface area contributed by atoms with Crippen molar-refractivity contribution >= 4 is 16.9 Å². The number of carbonyl (C=O) groups is 1. The maximum Gasteiger partial charge on any atom is 0.338 e. The molecule has 0 bridgehead atoms. The first-order valence-corrected chi connectivity index (χ1v) is 4.93. The van der Waals surface area contributed by atoms with Crippen molar-refractivity contribution < 1.29 is 9.53 Å². The highest BCUT2D eigenvalue weighted by Crippen LogP contribution is 2.21. The number of methoxy groups -OCH3 is 1. The Kier molecular flexibility index (Phi) is 2.83. The summed E-state index contributed by atoms with van der Waals surface area (Å²) in [6.45, 7) is 0.398. The highest BCUT2D eigenvalue weighted by Gasteiger charge is 2.12. The Balaban J connectivity index is 2.74. The van der Waals surface area contributed by atoms with E-state index >= 15 is 0 Å². The predicted molar refractivity (Wildman–Crippen MR) is 61.0 cm³/mol. The Labute approximate surface area is 93.0 Å². The van der Waals surface area contributed by atoms with Crippen LogP contribution in [0.2, 0.25) is 0 Å². The summed E-state index contributed by atoms with van der Waals surface area (Å²) in [7, 11) is 1.36. The number of fused-ring (bicyclic) bond motifs is 1. The van der Waals surface area contributed by atoms with Crippen LogP contribution in [0.15, 0.2) is 30.5 Å². The van der Waals surface area contributed by atoms with E-state index in [0.717, 1.165) is 16.5 Å². The zero-order chi connectivity index (χ0) is 11.5. The summed E-state index contributed by atoms with van der Waals surface area (Å²) in [6, 6.07) is 7.16. The number of esters is 1. The summed E-state index contributed by atoms with van der Waals surface area (Å²) in [5, 5.41) is 0.775. The van der Waals surface area contributed by atoms with E-state index in [0.29, 0.717) is 12.1 Å². The molecular formula is C12H12N2O2. The molecule has 82 valence electrons. The molecule has 2 aromatic rings. The van der Waals surface area contributed by atoms with Crippen LogP contribution in [0.3, 0.4) is 0 Å². The van der Waals surface area contributed by atoms with Gasteiger partial charge in [0, 0.05) is 18.1 Å². The predicted octanol–water partition coefficient (Wildman–Crippen LogP) is 1.48. The highest BCUT2D eigenvalue weighted by atomic mass is 16.5. The molecule has 0 amide bonds. The molecule has 2 rings (SSSR count). The van der Waals surface area contributed by atoms with Crippen molar-refractivity contribution in [1.29, 1.82) is 0 Å². The zero-order valence-corrected chi connectivity index (χ0v) is 8.93. The van der Waals surface area contributed by atoms with Crippen LogP contribution in [0.5, 0.6) is 0 Å². The fourth-order valence-electron chi connectivity index (χ4n) is 1.68. The summed E-state index contributed by atoms with van der Waals surface area (Å²) in [5.41, 5.74) is 7.81. The van der Waals surface area contributed by atoms with Crippen LogP contribution < -0.4 is 5.73 Å². The van der Waals surface area contributed by atoms with E-state index in [2.05, 4.69) is 4.98 Å². The van der Waals surface area contributed by atoms with Crippen LogP contribution >= 0.6 is 0 Å². The Morgan fingerprint density at radius 1 is 1.44 bits per heavy atom. The normalized spacial score (nSPS) is 10.4. The molecule has 0 aliphatic heterocycles. The van der Waals surface area contributed by atoms with Crippen LogP contribution in [0.25, 0.3) is 10.9 Å². The maximum atomic E-state index is 11.5. The summed E-state index contributed by atoms with van der Waals surface area (Å²) in [4.78, 5) is 15.8. The van der Waals surface area contributed by atoms with Gasteiger partial charge in [-0.2, -0.15) is 0 Å². The highest BCUT2D eigenvalue weighted by molar-refractivity contribution is 6.04. The van der Waals surface area contributed by atoms with Crippen molar-refractivity contribution in [2.24, 2.45) is 5.73 Å². The number of hydrogen-bond acceptors (Lipinski definition) is 4. The lowest BCUT2D eigenvalue weighted by Crippen LogP contribution is -2.05. The molecule has 16 heavy (non-hydrogen) atoms. The maximum absolute atomic E-state index is 11.5. The first-order valence-electron chi connectivity index (χ1n) is 4.93. The SMILES string of the molecule is COC(=O)c1ccc(CN)c2ncccc12. The lowest BCUT2D eigenvalue weighted by molar-refractivity contribution is 0.0603. The van der Waals surface area contributed by atoms with Crippen molar-refractivity contribution in [3.05, 3.63) is 41.6 Å². The minimum Gasteiger partial charge on any atom is -0.465 e. The van der Waals surface area contributed by atoms with Gasteiger partial charge in [-0.25, -0.2) is 4.79 Å². The van der Waals surface area contributed by atoms with Crippen LogP contribution in [0.1, 0.15) is 15.9 Å². The molecule has 0 aliphatic carbocycles. The van der Waals surface area contributed by atoms with Crippen LogP contribution in [-0.2, 0) is 11.3 Å². The monoisotopic (exact) mass is 216 g/mol. The molecule has 2 N–H and O–H groups in total. The lowest BCUT2D eigenvalue weighted by Gasteiger charge is -2.07. The largest absolute Gasteiger partial charge is 0.465 e. The van der Waals surface area contributed by atoms with Gasteiger partial charge < -0.3 is 10.5 Å². The number of ether oxygens (including phenoxy) is 1. The van der Waals surface area contributed by atoms with Gasteiger partial charge in [0.15, 0.2) is 0 Å². The molecule has 0 saturated heterocycles. The Morgan fingerprint density at radius 3 is 2.94 bits per heavy atom. The van der Waals surface area contributed by atoms with Crippen molar-refractivity contribution in [2.45, 2.75) is 6.54 Å². The van der Waals surface area contributed by atoms with E-state index in [-0.39, 0.29) is 5.97 Å². The third-order valence-electron chi connectivity index (χ3n) is 2.48. The van der Waals surface area contributed by atoms with Crippen molar-refractivity contribution in [3.8, 4) is 0 Å². The van der Waals surface area contributed by atoms with Gasteiger partial charge in [-0.15, -0.1) is 0 Å². The van der Waals surface area contributed by atoms with Crippen molar-refractivity contribution in [3.63, 3.8) is 0 Å². The second kappa shape index (κ2) is 4.28. The van der Waals surface area contributed by atoms with Gasteiger partial charge in [0.1, 0.15) is 0 Å². The van der Waals surface area contributed by atoms with Gasteiger partial charge in [0.05, 0.1) is 18.2 Å². The fourth-order valence-corrected chi connectivity index (χ4v) is 1.68. The third-order valence-corrected chi connectivity index (χ3v) is 2.48. The van der Waals surface area contributed by atoms with Crippen LogP contribution in [0, 0.1) is 0 Å². The van der Waals surface area contributed by atoms with Gasteiger partial charge in [-0.3, -0.25) is 4.98 Å². The van der Waals surface area contributed by atoms with Crippen LogP contribution in [-0.4, -0.2) is 18.1 Å². The fraction of sp³-hybridized carbons (Fsp3) is 0.167. The number of hydrogen-bond donors (Lipinski definition) is 1. The molecule has 1 aromatic heterocycles. The molecule has 1 heterocycles. The van der Waals surface area contributed by atoms with Gasteiger partial charge in [0.2, 0.25) is 0 Å². The van der Waals surface area contributed by atoms with Gasteiger partial charge in [0.25, 0.3) is 0 Å². The zero-order valence-electron chi connectivity index (χ0n) is 8.93. The number of aromatic nitrogens is 1. The first-order chi connectivity index (χ1) is 7.77. The molecular weight excluding hydrogens is 204 g/mol. The average molecular weight is 216 g/mol. The Bertz CT molecular complexity index is 538. The summed E-state index contributed by atoms with van der Waals surface area (Å²) in [5.74, 6) is -0.360. The molecule has 4 heteroatoms. The smallest absolute Gasteiger partial charge is 0.338 e. The minimum atomic E-state index is -0.360. The topological polar surface area (TPSA) is 65.2 Å². The van der Waals surface area contributed by atoms with E-state index in [9.17, 15) is 4.79 Å². The molecule has 4 nitrogen and oxygen atoms in total. The lowest BCUT2D eigenvalue weighted by atomic mass is 10.0. The quantitative estimate of drug-likeness (QED) is 0.772. The van der Waals surface area contributed by atoms with E-state index in [4.69, 9.17) is 10.5 Å².